The number of nitrogens with one attached hydrogen (secondary N) is 2. The van der Waals surface area contributed by atoms with Crippen LogP contribution in [0.15, 0.2) is 48.7 Å². The first-order valence-corrected chi connectivity index (χ1v) is 10.6. The van der Waals surface area contributed by atoms with Crippen LogP contribution in [0.2, 0.25) is 0 Å². The van der Waals surface area contributed by atoms with Crippen molar-refractivity contribution in [2.45, 2.75) is 44.2 Å². The van der Waals surface area contributed by atoms with Crippen LogP contribution < -0.4 is 14.8 Å². The number of carboxylic acids is 1. The summed E-state index contributed by atoms with van der Waals surface area (Å²) in [5.41, 5.74) is 2.24. The SMILES string of the molecule is CCCC(O)C(C(=O)NC(Cc1c[nH]c2ccccc12)C(=O)O)c1ccc2c(c1)OCO2. The summed E-state index contributed by atoms with van der Waals surface area (Å²) in [4.78, 5) is 28.4. The van der Waals surface area contributed by atoms with Crippen molar-refractivity contribution in [1.29, 1.82) is 0 Å². The number of rotatable bonds is 9. The number of fused-ring (bicyclic) bond motifs is 2. The first-order valence-electron chi connectivity index (χ1n) is 10.6. The summed E-state index contributed by atoms with van der Waals surface area (Å²) in [7, 11) is 0. The summed E-state index contributed by atoms with van der Waals surface area (Å²) in [6, 6.07) is 11.5. The number of carboxylic acid groups (broad SMARTS) is 1. The number of ether oxygens (including phenoxy) is 2. The molecule has 168 valence electrons. The molecule has 0 bridgehead atoms. The standard InChI is InChI=1S/C24H26N2O6/c1-2-5-19(27)22(14-8-9-20-21(11-14)32-13-31-20)23(28)26-18(24(29)30)10-15-12-25-17-7-4-3-6-16(15)17/h3-4,6-9,11-12,18-19,22,25,27H,2,5,10,13H2,1H3,(H,26,28)(H,29,30). The van der Waals surface area contributed by atoms with Gasteiger partial charge in [0, 0.05) is 23.5 Å². The van der Waals surface area contributed by atoms with Crippen molar-refractivity contribution in [2.75, 3.05) is 6.79 Å². The van der Waals surface area contributed by atoms with E-state index in [2.05, 4.69) is 10.3 Å². The van der Waals surface area contributed by atoms with Gasteiger partial charge in [-0.2, -0.15) is 0 Å². The van der Waals surface area contributed by atoms with Crippen molar-refractivity contribution < 1.29 is 29.3 Å². The van der Waals surface area contributed by atoms with Gasteiger partial charge in [0.25, 0.3) is 0 Å². The highest BCUT2D eigenvalue weighted by Gasteiger charge is 2.33. The number of aromatic amines is 1. The molecule has 0 spiro atoms. The van der Waals surface area contributed by atoms with E-state index in [4.69, 9.17) is 9.47 Å². The highest BCUT2D eigenvalue weighted by molar-refractivity contribution is 5.90. The van der Waals surface area contributed by atoms with E-state index in [1.165, 1.54) is 0 Å². The normalized spacial score (nSPS) is 15.3. The summed E-state index contributed by atoms with van der Waals surface area (Å²) >= 11 is 0. The molecule has 2 heterocycles. The van der Waals surface area contributed by atoms with Crippen molar-refractivity contribution >= 4 is 22.8 Å². The average molecular weight is 438 g/mol. The third kappa shape index (κ3) is 4.40. The minimum Gasteiger partial charge on any atom is -0.480 e. The lowest BCUT2D eigenvalue weighted by Crippen LogP contribution is -2.46. The van der Waals surface area contributed by atoms with Gasteiger partial charge in [0.15, 0.2) is 11.5 Å². The molecule has 0 saturated heterocycles. The molecule has 4 N–H and O–H groups in total. The summed E-state index contributed by atoms with van der Waals surface area (Å²) in [6.45, 7) is 2.01. The highest BCUT2D eigenvalue weighted by Crippen LogP contribution is 2.36. The molecule has 1 aliphatic heterocycles. The lowest BCUT2D eigenvalue weighted by Gasteiger charge is -2.25. The number of aliphatic carboxylic acids is 1. The molecule has 1 amide bonds. The van der Waals surface area contributed by atoms with Crippen LogP contribution in [-0.2, 0) is 16.0 Å². The van der Waals surface area contributed by atoms with Gasteiger partial charge in [-0.05, 0) is 35.7 Å². The Hall–Kier alpha value is -3.52. The number of hydrogen-bond donors (Lipinski definition) is 4. The van der Waals surface area contributed by atoms with Gasteiger partial charge in [-0.3, -0.25) is 4.79 Å². The maximum absolute atomic E-state index is 13.3. The molecule has 0 fully saturated rings. The molecular weight excluding hydrogens is 412 g/mol. The smallest absolute Gasteiger partial charge is 0.326 e. The van der Waals surface area contributed by atoms with Gasteiger partial charge < -0.3 is 30.0 Å². The molecular formula is C24H26N2O6. The minimum absolute atomic E-state index is 0.0961. The van der Waals surface area contributed by atoms with Gasteiger partial charge in [0.2, 0.25) is 12.7 Å². The maximum Gasteiger partial charge on any atom is 0.326 e. The Balaban J connectivity index is 1.58. The fraction of sp³-hybridized carbons (Fsp3) is 0.333. The second-order valence-electron chi connectivity index (χ2n) is 7.91. The molecule has 8 heteroatoms. The number of carbonyl (C=O) groups is 2. The molecule has 2 aromatic carbocycles. The third-order valence-electron chi connectivity index (χ3n) is 5.72. The van der Waals surface area contributed by atoms with Crippen LogP contribution in [0, 0.1) is 0 Å². The van der Waals surface area contributed by atoms with Crippen LogP contribution in [0.25, 0.3) is 10.9 Å². The van der Waals surface area contributed by atoms with Crippen LogP contribution in [0.5, 0.6) is 11.5 Å². The number of carbonyl (C=O) groups excluding carboxylic acids is 1. The number of benzene rings is 2. The van der Waals surface area contributed by atoms with E-state index < -0.39 is 29.9 Å². The Bertz CT molecular complexity index is 1120. The molecule has 1 aromatic heterocycles. The van der Waals surface area contributed by atoms with Crippen molar-refractivity contribution in [2.24, 2.45) is 0 Å². The highest BCUT2D eigenvalue weighted by atomic mass is 16.7. The van der Waals surface area contributed by atoms with Crippen LogP contribution in [0.1, 0.15) is 36.8 Å². The third-order valence-corrected chi connectivity index (χ3v) is 5.72. The summed E-state index contributed by atoms with van der Waals surface area (Å²) in [5, 5.41) is 24.1. The maximum atomic E-state index is 13.3. The van der Waals surface area contributed by atoms with Crippen molar-refractivity contribution in [1.82, 2.24) is 10.3 Å². The monoisotopic (exact) mass is 438 g/mol. The summed E-state index contributed by atoms with van der Waals surface area (Å²) < 4.78 is 10.7. The lowest BCUT2D eigenvalue weighted by molar-refractivity contribution is -0.142. The van der Waals surface area contributed by atoms with Gasteiger partial charge in [-0.15, -0.1) is 0 Å². The fourth-order valence-corrected chi connectivity index (χ4v) is 4.10. The fourth-order valence-electron chi connectivity index (χ4n) is 4.10. The minimum atomic E-state index is -1.15. The molecule has 3 aromatic rings. The lowest BCUT2D eigenvalue weighted by atomic mass is 9.89. The zero-order valence-electron chi connectivity index (χ0n) is 17.7. The molecule has 3 atom stereocenters. The molecule has 8 nitrogen and oxygen atoms in total. The van der Waals surface area contributed by atoms with Gasteiger partial charge in [-0.25, -0.2) is 4.79 Å². The number of amides is 1. The Morgan fingerprint density at radius 3 is 2.72 bits per heavy atom. The Kier molecular flexibility index (Phi) is 6.32. The number of H-pyrrole nitrogens is 1. The molecule has 3 unspecified atom stereocenters. The van der Waals surface area contributed by atoms with Crippen LogP contribution in [0.4, 0.5) is 0 Å². The average Bonchev–Trinajstić information content (AvgIpc) is 3.40. The van der Waals surface area contributed by atoms with Crippen molar-refractivity contribution in [3.8, 4) is 11.5 Å². The Labute approximate surface area is 185 Å². The molecule has 4 rings (SSSR count). The largest absolute Gasteiger partial charge is 0.480 e. The predicted octanol–water partition coefficient (Wildman–Crippen LogP) is 2.95. The van der Waals surface area contributed by atoms with E-state index in [0.717, 1.165) is 16.5 Å². The zero-order chi connectivity index (χ0) is 22.7. The van der Waals surface area contributed by atoms with Gasteiger partial charge in [0.05, 0.1) is 12.0 Å². The van der Waals surface area contributed by atoms with Crippen LogP contribution in [-0.4, -0.2) is 46.0 Å². The molecule has 32 heavy (non-hydrogen) atoms. The first kappa shape index (κ1) is 21.7. The van der Waals surface area contributed by atoms with E-state index in [-0.39, 0.29) is 13.2 Å². The number of hydrogen-bond acceptors (Lipinski definition) is 5. The van der Waals surface area contributed by atoms with E-state index in [0.29, 0.717) is 29.9 Å². The van der Waals surface area contributed by atoms with E-state index in [1.807, 2.05) is 31.2 Å². The van der Waals surface area contributed by atoms with E-state index in [9.17, 15) is 19.8 Å². The number of para-hydroxylation sites is 1. The van der Waals surface area contributed by atoms with E-state index >= 15 is 0 Å². The van der Waals surface area contributed by atoms with Gasteiger partial charge in [-0.1, -0.05) is 37.6 Å². The summed E-state index contributed by atoms with van der Waals surface area (Å²) in [6.07, 6.45) is 1.97. The molecule has 0 aliphatic carbocycles. The van der Waals surface area contributed by atoms with E-state index in [1.54, 1.807) is 24.4 Å². The Morgan fingerprint density at radius 1 is 1.16 bits per heavy atom. The number of aliphatic hydroxyl groups is 1. The second-order valence-corrected chi connectivity index (χ2v) is 7.91. The topological polar surface area (TPSA) is 121 Å². The number of aliphatic hydroxyl groups excluding tert-OH is 1. The molecule has 1 aliphatic rings. The first-order chi connectivity index (χ1) is 15.5. The second kappa shape index (κ2) is 9.32. The Morgan fingerprint density at radius 2 is 1.94 bits per heavy atom. The van der Waals surface area contributed by atoms with Gasteiger partial charge in [0.1, 0.15) is 6.04 Å². The predicted molar refractivity (Wildman–Crippen MR) is 118 cm³/mol. The van der Waals surface area contributed by atoms with Gasteiger partial charge >= 0.3 is 5.97 Å². The zero-order valence-corrected chi connectivity index (χ0v) is 17.7. The molecule has 0 saturated carbocycles. The number of aromatic nitrogens is 1. The van der Waals surface area contributed by atoms with Crippen molar-refractivity contribution in [3.63, 3.8) is 0 Å². The summed E-state index contributed by atoms with van der Waals surface area (Å²) in [5.74, 6) is -1.55. The molecule has 0 radical (unpaired) electrons. The van der Waals surface area contributed by atoms with Crippen molar-refractivity contribution in [3.05, 3.63) is 59.8 Å². The van der Waals surface area contributed by atoms with Crippen LogP contribution in [0.3, 0.4) is 0 Å². The van der Waals surface area contributed by atoms with Crippen LogP contribution >= 0.6 is 0 Å². The quantitative estimate of drug-likeness (QED) is 0.408.